The van der Waals surface area contributed by atoms with Crippen LogP contribution in [0.2, 0.25) is 0 Å². The molecule has 0 aromatic heterocycles. The molecule has 2 saturated heterocycles. The molecule has 0 amide bonds. The lowest BCUT2D eigenvalue weighted by atomic mass is 10.0. The molecule has 3 rings (SSSR count). The topological polar surface area (TPSA) is 49.9 Å². The Labute approximate surface area is 143 Å². The number of sulfonamides is 1. The molecule has 0 saturated carbocycles. The highest BCUT2D eigenvalue weighted by Gasteiger charge is 2.34. The third-order valence-electron chi connectivity index (χ3n) is 4.84. The molecule has 2 aliphatic rings. The van der Waals surface area contributed by atoms with Crippen LogP contribution in [0.25, 0.3) is 0 Å². The average molecular weight is 356 g/mol. The van der Waals surface area contributed by atoms with Crippen molar-refractivity contribution in [3.05, 3.63) is 30.1 Å². The minimum Gasteiger partial charge on any atom is -0.373 e. The third kappa shape index (κ3) is 3.79. The summed E-state index contributed by atoms with van der Waals surface area (Å²) in [6, 6.07) is 5.45. The summed E-state index contributed by atoms with van der Waals surface area (Å²) in [5, 5.41) is 0. The van der Waals surface area contributed by atoms with Crippen molar-refractivity contribution in [1.82, 2.24) is 9.21 Å². The number of piperidine rings is 1. The van der Waals surface area contributed by atoms with Gasteiger partial charge in [0, 0.05) is 32.2 Å². The van der Waals surface area contributed by atoms with Gasteiger partial charge in [0.05, 0.1) is 17.1 Å². The number of halogens is 1. The minimum atomic E-state index is -3.53. The second-order valence-electron chi connectivity index (χ2n) is 6.80. The van der Waals surface area contributed by atoms with Crippen molar-refractivity contribution in [2.45, 2.75) is 49.8 Å². The monoisotopic (exact) mass is 356 g/mol. The minimum absolute atomic E-state index is 0.163. The fraction of sp³-hybridized carbons (Fsp3) is 0.647. The van der Waals surface area contributed by atoms with Crippen molar-refractivity contribution in [1.29, 1.82) is 0 Å². The molecule has 2 heterocycles. The Morgan fingerprint density at radius 3 is 2.12 bits per heavy atom. The van der Waals surface area contributed by atoms with E-state index >= 15 is 0 Å². The van der Waals surface area contributed by atoms with Gasteiger partial charge in [-0.2, -0.15) is 4.31 Å². The molecule has 2 aliphatic heterocycles. The van der Waals surface area contributed by atoms with Crippen LogP contribution >= 0.6 is 0 Å². The van der Waals surface area contributed by atoms with Crippen LogP contribution in [-0.2, 0) is 14.8 Å². The molecule has 1 aromatic carbocycles. The van der Waals surface area contributed by atoms with Crippen LogP contribution in [0.3, 0.4) is 0 Å². The lowest BCUT2D eigenvalue weighted by Crippen LogP contribution is -2.53. The second-order valence-corrected chi connectivity index (χ2v) is 8.74. The molecular weight excluding hydrogens is 331 g/mol. The Hall–Kier alpha value is -1.02. The summed E-state index contributed by atoms with van der Waals surface area (Å²) < 4.78 is 45.6. The van der Waals surface area contributed by atoms with Gasteiger partial charge in [0.1, 0.15) is 5.82 Å². The van der Waals surface area contributed by atoms with Gasteiger partial charge in [-0.1, -0.05) is 0 Å². The van der Waals surface area contributed by atoms with E-state index in [9.17, 15) is 12.8 Å². The molecule has 0 radical (unpaired) electrons. The maximum absolute atomic E-state index is 13.0. The van der Waals surface area contributed by atoms with Crippen LogP contribution in [0.4, 0.5) is 4.39 Å². The second kappa shape index (κ2) is 7.07. The lowest BCUT2D eigenvalue weighted by Gasteiger charge is -2.43. The Balaban J connectivity index is 1.63. The van der Waals surface area contributed by atoms with Gasteiger partial charge in [-0.25, -0.2) is 12.8 Å². The van der Waals surface area contributed by atoms with Gasteiger partial charge in [0.15, 0.2) is 0 Å². The molecule has 1 aromatic rings. The Morgan fingerprint density at radius 1 is 1.04 bits per heavy atom. The van der Waals surface area contributed by atoms with Gasteiger partial charge in [0.2, 0.25) is 10.0 Å². The number of hydrogen-bond donors (Lipinski definition) is 0. The number of rotatable bonds is 3. The maximum Gasteiger partial charge on any atom is 0.243 e. The van der Waals surface area contributed by atoms with E-state index in [0.29, 0.717) is 19.1 Å². The van der Waals surface area contributed by atoms with Crippen LogP contribution < -0.4 is 0 Å². The third-order valence-corrected chi connectivity index (χ3v) is 6.75. The van der Waals surface area contributed by atoms with Crippen LogP contribution in [0.15, 0.2) is 29.2 Å². The van der Waals surface area contributed by atoms with Crippen molar-refractivity contribution < 1.29 is 17.5 Å². The molecule has 134 valence electrons. The van der Waals surface area contributed by atoms with Crippen molar-refractivity contribution in [2.24, 2.45) is 0 Å². The number of ether oxygens (including phenoxy) is 1. The fourth-order valence-electron chi connectivity index (χ4n) is 3.72. The van der Waals surface area contributed by atoms with Crippen LogP contribution in [0.1, 0.15) is 26.7 Å². The predicted octanol–water partition coefficient (Wildman–Crippen LogP) is 2.09. The molecule has 24 heavy (non-hydrogen) atoms. The molecule has 5 nitrogen and oxygen atoms in total. The first-order chi connectivity index (χ1) is 11.4. The van der Waals surface area contributed by atoms with E-state index in [2.05, 4.69) is 18.7 Å². The Bertz CT molecular complexity index is 647. The van der Waals surface area contributed by atoms with E-state index in [1.807, 2.05) is 0 Å². The molecule has 0 N–H and O–H groups in total. The summed E-state index contributed by atoms with van der Waals surface area (Å²) in [6.07, 6.45) is 2.07. The first-order valence-corrected chi connectivity index (χ1v) is 9.95. The summed E-state index contributed by atoms with van der Waals surface area (Å²) in [5.74, 6) is -0.428. The molecule has 2 fully saturated rings. The van der Waals surface area contributed by atoms with Crippen LogP contribution in [-0.4, -0.2) is 62.1 Å². The van der Waals surface area contributed by atoms with Crippen molar-refractivity contribution >= 4 is 10.0 Å². The first-order valence-electron chi connectivity index (χ1n) is 8.51. The summed E-state index contributed by atoms with van der Waals surface area (Å²) >= 11 is 0. The zero-order valence-electron chi connectivity index (χ0n) is 14.2. The van der Waals surface area contributed by atoms with Crippen molar-refractivity contribution in [3.63, 3.8) is 0 Å². The van der Waals surface area contributed by atoms with Crippen LogP contribution in [0.5, 0.6) is 0 Å². The van der Waals surface area contributed by atoms with Gasteiger partial charge < -0.3 is 4.74 Å². The van der Waals surface area contributed by atoms with E-state index in [1.165, 1.54) is 28.6 Å². The summed E-state index contributed by atoms with van der Waals surface area (Å²) in [7, 11) is -3.53. The number of nitrogens with zero attached hydrogens (tertiary/aromatic N) is 2. The highest BCUT2D eigenvalue weighted by atomic mass is 32.2. The first kappa shape index (κ1) is 17.8. The normalized spacial score (nSPS) is 28.1. The van der Waals surface area contributed by atoms with Gasteiger partial charge >= 0.3 is 0 Å². The zero-order valence-corrected chi connectivity index (χ0v) is 15.0. The molecule has 7 heteroatoms. The lowest BCUT2D eigenvalue weighted by molar-refractivity contribution is -0.0847. The smallest absolute Gasteiger partial charge is 0.243 e. The number of hydrogen-bond acceptors (Lipinski definition) is 4. The Morgan fingerprint density at radius 2 is 1.58 bits per heavy atom. The van der Waals surface area contributed by atoms with Gasteiger partial charge in [-0.15, -0.1) is 0 Å². The van der Waals surface area contributed by atoms with E-state index < -0.39 is 15.8 Å². The van der Waals surface area contributed by atoms with Crippen molar-refractivity contribution in [3.8, 4) is 0 Å². The van der Waals surface area contributed by atoms with Gasteiger partial charge in [-0.3, -0.25) is 4.90 Å². The number of benzene rings is 1. The highest BCUT2D eigenvalue weighted by molar-refractivity contribution is 7.89. The Kier molecular flexibility index (Phi) is 5.24. The molecule has 0 unspecified atom stereocenters. The van der Waals surface area contributed by atoms with Gasteiger partial charge in [-0.05, 0) is 51.0 Å². The summed E-state index contributed by atoms with van der Waals surface area (Å²) in [6.45, 7) is 6.97. The van der Waals surface area contributed by atoms with Crippen molar-refractivity contribution in [2.75, 3.05) is 26.2 Å². The average Bonchev–Trinajstić information content (AvgIpc) is 2.54. The number of morpholine rings is 1. The van der Waals surface area contributed by atoms with E-state index in [4.69, 9.17) is 4.74 Å². The van der Waals surface area contributed by atoms with E-state index in [-0.39, 0.29) is 17.1 Å². The molecule has 0 bridgehead atoms. The molecule has 2 atom stereocenters. The highest BCUT2D eigenvalue weighted by Crippen LogP contribution is 2.25. The molecular formula is C17H25FN2O3S. The molecule has 0 spiro atoms. The zero-order chi connectivity index (χ0) is 17.3. The predicted molar refractivity (Wildman–Crippen MR) is 89.8 cm³/mol. The summed E-state index contributed by atoms with van der Waals surface area (Å²) in [4.78, 5) is 2.59. The van der Waals surface area contributed by atoms with E-state index in [0.717, 1.165) is 25.9 Å². The largest absolute Gasteiger partial charge is 0.373 e. The maximum atomic E-state index is 13.0. The standard InChI is InChI=1S/C17H25FN2O3S/c1-13-11-19(12-14(2)23-13)16-7-9-20(10-8-16)24(21,22)17-5-3-15(18)4-6-17/h3-6,13-14,16H,7-12H2,1-2H3/t13-,14+. The molecule has 0 aliphatic carbocycles. The van der Waals surface area contributed by atoms with Crippen LogP contribution in [0, 0.1) is 5.82 Å². The fourth-order valence-corrected chi connectivity index (χ4v) is 5.19. The SMILES string of the molecule is C[C@@H]1CN(C2CCN(S(=O)(=O)c3ccc(F)cc3)CC2)C[C@H](C)O1. The summed E-state index contributed by atoms with van der Waals surface area (Å²) in [5.41, 5.74) is 0. The quantitative estimate of drug-likeness (QED) is 0.832. The van der Waals surface area contributed by atoms with E-state index in [1.54, 1.807) is 0 Å². The van der Waals surface area contributed by atoms with Gasteiger partial charge in [0.25, 0.3) is 0 Å².